The second kappa shape index (κ2) is 38.9. The molecule has 0 atom stereocenters. The lowest BCUT2D eigenvalue weighted by Crippen LogP contribution is -2.00. The summed E-state index contributed by atoms with van der Waals surface area (Å²) < 4.78 is 81.9. The Hall–Kier alpha value is -18.2. The van der Waals surface area contributed by atoms with Gasteiger partial charge in [0.15, 0.2) is 52.4 Å². The quantitative estimate of drug-likeness (QED) is 0.0822. The van der Waals surface area contributed by atoms with Crippen molar-refractivity contribution in [2.24, 2.45) is 0 Å². The molecule has 0 N–H and O–H groups in total. The molecule has 0 spiro atoms. The van der Waals surface area contributed by atoms with Gasteiger partial charge >= 0.3 is 0 Å². The van der Waals surface area contributed by atoms with Crippen LogP contribution in [0.15, 0.2) is 467 Å². The van der Waals surface area contributed by atoms with Crippen molar-refractivity contribution in [3.05, 3.63) is 502 Å². The summed E-state index contributed by atoms with van der Waals surface area (Å²) in [6.07, 6.45) is 0. The van der Waals surface area contributed by atoms with Crippen molar-refractivity contribution in [1.29, 1.82) is 0 Å². The molecule has 0 radical (unpaired) electrons. The van der Waals surface area contributed by atoms with E-state index in [0.717, 1.165) is 72.1 Å². The first-order valence-corrected chi connectivity index (χ1v) is 44.9. The van der Waals surface area contributed by atoms with Crippen molar-refractivity contribution in [3.8, 4) is 192 Å². The highest BCUT2D eigenvalue weighted by Gasteiger charge is 2.21. The predicted molar refractivity (Wildman–Crippen MR) is 544 cm³/mol. The van der Waals surface area contributed by atoms with Gasteiger partial charge in [0.25, 0.3) is 0 Å². The Morgan fingerprint density at radius 1 is 0.109 bits per heavy atom. The highest BCUT2D eigenvalue weighted by Crippen LogP contribution is 2.42. The van der Waals surface area contributed by atoms with Crippen LogP contribution in [0, 0.1) is 34.9 Å². The van der Waals surface area contributed by atoms with Crippen LogP contribution >= 0.6 is 0 Å². The van der Waals surface area contributed by atoms with Gasteiger partial charge in [-0.1, -0.05) is 315 Å². The maximum atomic E-state index is 13.7. The summed E-state index contributed by atoms with van der Waals surface area (Å²) >= 11 is 0. The third kappa shape index (κ3) is 19.1. The van der Waals surface area contributed by atoms with E-state index in [9.17, 15) is 26.3 Å². The number of aromatic nitrogens is 9. The van der Waals surface area contributed by atoms with Crippen LogP contribution in [0.3, 0.4) is 0 Å². The van der Waals surface area contributed by atoms with Gasteiger partial charge in [-0.05, 0) is 273 Å². The Labute approximate surface area is 792 Å². The molecule has 138 heavy (non-hydrogen) atoms. The zero-order chi connectivity index (χ0) is 93.4. The molecular weight excluding hydrogens is 1720 g/mol. The Bertz CT molecular complexity index is 8130. The normalized spacial score (nSPS) is 11.1. The standard InChI is InChI=1S/2C43H27F2N3.C37H23F2N3/c44-35-22-18-33(19-23-35)42-46-41(47-43(48-42)34-20-24-36(45)25-21-34)32-16-12-29(13-17-32)28-10-14-31(15-11-28)38-27-26-37(30-6-2-1-3-7-30)39-8-4-5-9-40(38)39;44-35-22-18-33(19-23-35)42-46-41(47-43(48-42)34-20-24-36(45)25-21-34)32-16-14-31(15-17-32)38-27-26-37(39-8-4-5-9-40(38)39)30-12-10-29(11-13-30)28-6-2-1-3-7-28;38-33-19-15-29(16-20-33)36-40-35(41-37(42-36)30-17-21-34(39)22-18-30)28-12-9-26(10-13-28)25-5-7-27(8-6-25)32-14-11-24-3-1-2-4-31(24)23-32/h2*1-27H;1-23H. The van der Waals surface area contributed by atoms with Crippen LogP contribution in [0.4, 0.5) is 26.3 Å². The lowest BCUT2D eigenvalue weighted by atomic mass is 9.91. The number of benzene rings is 20. The first kappa shape index (κ1) is 86.5. The number of rotatable bonds is 17. The monoisotopic (exact) mass is 1790 g/mol. The van der Waals surface area contributed by atoms with Gasteiger partial charge in [0.05, 0.1) is 0 Å². The summed E-state index contributed by atoms with van der Waals surface area (Å²) in [6.45, 7) is 0. The fourth-order valence-corrected chi connectivity index (χ4v) is 17.1. The van der Waals surface area contributed by atoms with E-state index in [0.29, 0.717) is 85.8 Å². The highest BCUT2D eigenvalue weighted by atomic mass is 19.1. The summed E-state index contributed by atoms with van der Waals surface area (Å²) in [4.78, 5) is 42.2. The fourth-order valence-electron chi connectivity index (χ4n) is 17.1. The molecule has 0 aliphatic heterocycles. The molecule has 3 heterocycles. The average molecular weight is 1800 g/mol. The van der Waals surface area contributed by atoms with E-state index in [1.165, 1.54) is 139 Å². The molecule has 0 bridgehead atoms. The van der Waals surface area contributed by atoms with E-state index in [4.69, 9.17) is 29.9 Å². The van der Waals surface area contributed by atoms with Crippen molar-refractivity contribution in [1.82, 2.24) is 44.9 Å². The molecular formula is C123H77F6N9. The van der Waals surface area contributed by atoms with Crippen LogP contribution in [-0.4, -0.2) is 44.9 Å². The molecule has 3 aromatic heterocycles. The summed E-state index contributed by atoms with van der Waals surface area (Å²) in [5.74, 6) is 1.80. The molecule has 20 aromatic carbocycles. The molecule has 9 nitrogen and oxygen atoms in total. The van der Waals surface area contributed by atoms with Crippen LogP contribution in [0.2, 0.25) is 0 Å². The van der Waals surface area contributed by atoms with Crippen molar-refractivity contribution in [2.45, 2.75) is 0 Å². The summed E-state index contributed by atoms with van der Waals surface area (Å²) in [7, 11) is 0. The molecule has 0 fully saturated rings. The predicted octanol–water partition coefficient (Wildman–Crippen LogP) is 32.2. The minimum absolute atomic E-state index is 0.340. The summed E-state index contributed by atoms with van der Waals surface area (Å²) in [5, 5.41) is 7.23. The molecule has 0 unspecified atom stereocenters. The number of hydrogen-bond donors (Lipinski definition) is 0. The van der Waals surface area contributed by atoms with Crippen LogP contribution in [-0.2, 0) is 0 Å². The van der Waals surface area contributed by atoms with Gasteiger partial charge in [0.2, 0.25) is 0 Å². The summed E-state index contributed by atoms with van der Waals surface area (Å²) in [5.41, 5.74) is 24.7. The second-order valence-corrected chi connectivity index (χ2v) is 33.1. The third-order valence-electron chi connectivity index (χ3n) is 24.3. The zero-order valence-corrected chi connectivity index (χ0v) is 73.7. The molecule has 0 aliphatic carbocycles. The Morgan fingerprint density at radius 3 is 0.493 bits per heavy atom. The largest absolute Gasteiger partial charge is 0.208 e. The molecule has 23 rings (SSSR count). The van der Waals surface area contributed by atoms with Crippen LogP contribution in [0.5, 0.6) is 0 Å². The molecule has 0 saturated carbocycles. The van der Waals surface area contributed by atoms with Gasteiger partial charge in [-0.2, -0.15) is 0 Å². The van der Waals surface area contributed by atoms with Crippen LogP contribution < -0.4 is 0 Å². The van der Waals surface area contributed by atoms with E-state index in [-0.39, 0.29) is 34.9 Å². The van der Waals surface area contributed by atoms with Crippen molar-refractivity contribution >= 4 is 32.3 Å². The number of halogens is 6. The smallest absolute Gasteiger partial charge is 0.164 e. The van der Waals surface area contributed by atoms with Gasteiger partial charge in [0, 0.05) is 50.1 Å². The molecule has 0 amide bonds. The van der Waals surface area contributed by atoms with Gasteiger partial charge < -0.3 is 0 Å². The maximum absolute atomic E-state index is 13.7. The Morgan fingerprint density at radius 2 is 0.261 bits per heavy atom. The highest BCUT2D eigenvalue weighted by molar-refractivity contribution is 6.07. The van der Waals surface area contributed by atoms with Gasteiger partial charge in [-0.25, -0.2) is 71.2 Å². The molecule has 0 aliphatic rings. The lowest BCUT2D eigenvalue weighted by Gasteiger charge is -2.13. The second-order valence-electron chi connectivity index (χ2n) is 33.1. The molecule has 0 saturated heterocycles. The first-order chi connectivity index (χ1) is 67.8. The van der Waals surface area contributed by atoms with Crippen molar-refractivity contribution in [2.75, 3.05) is 0 Å². The average Bonchev–Trinajstić information content (AvgIpc) is 0.770. The topological polar surface area (TPSA) is 116 Å². The number of hydrogen-bond acceptors (Lipinski definition) is 9. The van der Waals surface area contributed by atoms with Crippen LogP contribution in [0.1, 0.15) is 0 Å². The van der Waals surface area contributed by atoms with E-state index < -0.39 is 0 Å². The third-order valence-corrected chi connectivity index (χ3v) is 24.3. The SMILES string of the molecule is Fc1ccc(-c2nc(-c3ccc(F)cc3)nc(-c3ccc(-c4ccc(-c5ccc(-c6ccccc6)c6ccccc56)cc4)cc3)n2)cc1.Fc1ccc(-c2nc(-c3ccc(F)cc3)nc(-c3ccc(-c4ccc(-c5ccc(-c6ccccc6)cc5)c5ccccc45)cc3)n2)cc1.Fc1ccc(-c2nc(-c3ccc(F)cc3)nc(-c3ccc(-c4ccc(-c5ccc6ccccc6c5)cc4)cc3)n2)cc1. The van der Waals surface area contributed by atoms with E-state index >= 15 is 0 Å². The van der Waals surface area contributed by atoms with Gasteiger partial charge in [-0.3, -0.25) is 0 Å². The van der Waals surface area contributed by atoms with E-state index in [1.54, 1.807) is 72.8 Å². The number of nitrogens with zero attached hydrogens (tertiary/aromatic N) is 9. The fraction of sp³-hybridized carbons (Fsp3) is 0. The summed E-state index contributed by atoms with van der Waals surface area (Å²) in [6, 6.07) is 148. The first-order valence-electron chi connectivity index (χ1n) is 44.9. The Balaban J connectivity index is 0.000000124. The zero-order valence-electron chi connectivity index (χ0n) is 73.7. The molecule has 23 aromatic rings. The van der Waals surface area contributed by atoms with Crippen LogP contribution in [0.25, 0.3) is 224 Å². The minimum atomic E-state index is -0.344. The van der Waals surface area contributed by atoms with Crippen molar-refractivity contribution < 1.29 is 26.3 Å². The maximum Gasteiger partial charge on any atom is 0.164 e. The lowest BCUT2D eigenvalue weighted by molar-refractivity contribution is 0.627. The number of fused-ring (bicyclic) bond motifs is 3. The molecule has 656 valence electrons. The Kier molecular flexibility index (Phi) is 24.4. The van der Waals surface area contributed by atoms with E-state index in [1.807, 2.05) is 72.8 Å². The van der Waals surface area contributed by atoms with Crippen molar-refractivity contribution in [3.63, 3.8) is 0 Å². The van der Waals surface area contributed by atoms with Gasteiger partial charge in [-0.15, -0.1) is 0 Å². The van der Waals surface area contributed by atoms with Gasteiger partial charge in [0.1, 0.15) is 34.9 Å². The van der Waals surface area contributed by atoms with E-state index in [2.05, 4.69) is 264 Å². The molecule has 15 heteroatoms. The minimum Gasteiger partial charge on any atom is -0.208 e.